The molecule has 0 spiro atoms. The summed E-state index contributed by atoms with van der Waals surface area (Å²) in [5, 5.41) is 6.09. The summed E-state index contributed by atoms with van der Waals surface area (Å²) in [7, 11) is 0. The van der Waals surface area contributed by atoms with Gasteiger partial charge in [0, 0.05) is 5.56 Å². The maximum atomic E-state index is 13.8. The van der Waals surface area contributed by atoms with Crippen molar-refractivity contribution in [2.75, 3.05) is 13.1 Å². The SMILES string of the molecule is CCC1(C(=O)NC(C)c2cc(F)ccc2F)CCNCC1. The Morgan fingerprint density at radius 3 is 2.67 bits per heavy atom. The molecule has 1 heterocycles. The van der Waals surface area contributed by atoms with E-state index in [0.29, 0.717) is 0 Å². The summed E-state index contributed by atoms with van der Waals surface area (Å²) in [5.74, 6) is -1.07. The van der Waals surface area contributed by atoms with Crippen LogP contribution in [-0.2, 0) is 4.79 Å². The average Bonchev–Trinajstić information content (AvgIpc) is 2.50. The highest BCUT2D eigenvalue weighted by Crippen LogP contribution is 2.33. The monoisotopic (exact) mass is 296 g/mol. The molecule has 1 unspecified atom stereocenters. The zero-order valence-electron chi connectivity index (χ0n) is 12.5. The molecule has 5 heteroatoms. The fourth-order valence-corrected chi connectivity index (χ4v) is 2.92. The number of hydrogen-bond acceptors (Lipinski definition) is 2. The van der Waals surface area contributed by atoms with Gasteiger partial charge in [-0.2, -0.15) is 0 Å². The number of halogens is 2. The van der Waals surface area contributed by atoms with Gasteiger partial charge in [-0.05, 0) is 57.5 Å². The molecule has 1 aromatic rings. The third-order valence-electron chi connectivity index (χ3n) is 4.49. The van der Waals surface area contributed by atoms with Crippen molar-refractivity contribution in [3.8, 4) is 0 Å². The van der Waals surface area contributed by atoms with Gasteiger partial charge in [0.25, 0.3) is 0 Å². The van der Waals surface area contributed by atoms with E-state index >= 15 is 0 Å². The molecule has 0 aromatic heterocycles. The molecule has 1 aliphatic heterocycles. The maximum absolute atomic E-state index is 13.8. The van der Waals surface area contributed by atoms with Gasteiger partial charge in [0.1, 0.15) is 11.6 Å². The van der Waals surface area contributed by atoms with E-state index in [9.17, 15) is 13.6 Å². The van der Waals surface area contributed by atoms with E-state index in [-0.39, 0.29) is 11.5 Å². The summed E-state index contributed by atoms with van der Waals surface area (Å²) in [6, 6.07) is 2.76. The average molecular weight is 296 g/mol. The zero-order chi connectivity index (χ0) is 15.5. The van der Waals surface area contributed by atoms with Gasteiger partial charge in [-0.15, -0.1) is 0 Å². The van der Waals surface area contributed by atoms with Gasteiger partial charge in [-0.3, -0.25) is 4.79 Å². The van der Waals surface area contributed by atoms with Gasteiger partial charge in [-0.1, -0.05) is 6.92 Å². The molecule has 21 heavy (non-hydrogen) atoms. The van der Waals surface area contributed by atoms with Crippen molar-refractivity contribution < 1.29 is 13.6 Å². The van der Waals surface area contributed by atoms with Crippen molar-refractivity contribution in [2.45, 2.75) is 39.2 Å². The van der Waals surface area contributed by atoms with Crippen LogP contribution in [0.3, 0.4) is 0 Å². The number of amides is 1. The molecule has 1 amide bonds. The maximum Gasteiger partial charge on any atom is 0.226 e. The smallest absolute Gasteiger partial charge is 0.226 e. The Labute approximate surface area is 124 Å². The molecule has 1 atom stereocenters. The van der Waals surface area contributed by atoms with Crippen LogP contribution in [0.15, 0.2) is 18.2 Å². The van der Waals surface area contributed by atoms with Crippen molar-refractivity contribution in [1.29, 1.82) is 0 Å². The predicted molar refractivity (Wildman–Crippen MR) is 77.7 cm³/mol. The first-order chi connectivity index (χ1) is 9.98. The lowest BCUT2D eigenvalue weighted by molar-refractivity contribution is -0.133. The van der Waals surface area contributed by atoms with Crippen LogP contribution in [0.5, 0.6) is 0 Å². The third-order valence-corrected chi connectivity index (χ3v) is 4.49. The quantitative estimate of drug-likeness (QED) is 0.897. The van der Waals surface area contributed by atoms with E-state index in [0.717, 1.165) is 50.6 Å². The molecule has 0 aliphatic carbocycles. The van der Waals surface area contributed by atoms with Gasteiger partial charge in [-0.25, -0.2) is 8.78 Å². The van der Waals surface area contributed by atoms with Crippen molar-refractivity contribution in [2.24, 2.45) is 5.41 Å². The standard InChI is InChI=1S/C16H22F2N2O/c1-3-16(6-8-19-9-7-16)15(21)20-11(2)13-10-12(17)4-5-14(13)18/h4-5,10-11,19H,3,6-9H2,1-2H3,(H,20,21). The number of rotatable bonds is 4. The molecular weight excluding hydrogens is 274 g/mol. The Morgan fingerprint density at radius 2 is 2.05 bits per heavy atom. The third kappa shape index (κ3) is 3.40. The normalized spacial score (nSPS) is 19.0. The molecule has 1 aliphatic rings. The van der Waals surface area contributed by atoms with Crippen molar-refractivity contribution in [3.05, 3.63) is 35.4 Å². The summed E-state index contributed by atoms with van der Waals surface area (Å²) < 4.78 is 27.0. The zero-order valence-corrected chi connectivity index (χ0v) is 12.5. The minimum absolute atomic E-state index is 0.0670. The first-order valence-corrected chi connectivity index (χ1v) is 7.45. The van der Waals surface area contributed by atoms with Crippen molar-refractivity contribution in [1.82, 2.24) is 10.6 Å². The lowest BCUT2D eigenvalue weighted by atomic mass is 9.75. The van der Waals surface area contributed by atoms with Gasteiger partial charge in [0.2, 0.25) is 5.91 Å². The Kier molecular flexibility index (Phi) is 4.93. The van der Waals surface area contributed by atoms with Crippen LogP contribution in [0.25, 0.3) is 0 Å². The first kappa shape index (κ1) is 15.9. The van der Waals surface area contributed by atoms with E-state index in [1.54, 1.807) is 6.92 Å². The summed E-state index contributed by atoms with van der Waals surface area (Å²) in [6.45, 7) is 5.30. The number of carbonyl (C=O) groups is 1. The largest absolute Gasteiger partial charge is 0.349 e. The van der Waals surface area contributed by atoms with E-state index < -0.39 is 23.1 Å². The lowest BCUT2D eigenvalue weighted by Gasteiger charge is -2.36. The second kappa shape index (κ2) is 6.52. The molecule has 1 aromatic carbocycles. The highest BCUT2D eigenvalue weighted by molar-refractivity contribution is 5.83. The minimum atomic E-state index is -0.550. The van der Waals surface area contributed by atoms with Gasteiger partial charge in [0.05, 0.1) is 11.5 Å². The second-order valence-electron chi connectivity index (χ2n) is 5.74. The van der Waals surface area contributed by atoms with Crippen molar-refractivity contribution in [3.63, 3.8) is 0 Å². The molecule has 0 saturated carbocycles. The van der Waals surface area contributed by atoms with Crippen LogP contribution in [0.2, 0.25) is 0 Å². The molecule has 1 fully saturated rings. The van der Waals surface area contributed by atoms with E-state index in [2.05, 4.69) is 10.6 Å². The Balaban J connectivity index is 2.12. The van der Waals surface area contributed by atoms with Gasteiger partial charge >= 0.3 is 0 Å². The summed E-state index contributed by atoms with van der Waals surface area (Å²) >= 11 is 0. The fourth-order valence-electron chi connectivity index (χ4n) is 2.92. The highest BCUT2D eigenvalue weighted by Gasteiger charge is 2.38. The number of nitrogens with one attached hydrogen (secondary N) is 2. The molecule has 3 nitrogen and oxygen atoms in total. The Bertz CT molecular complexity index is 513. The van der Waals surface area contributed by atoms with Crippen LogP contribution in [0.1, 0.15) is 44.7 Å². The Morgan fingerprint density at radius 1 is 1.38 bits per heavy atom. The topological polar surface area (TPSA) is 41.1 Å². The van der Waals surface area contributed by atoms with E-state index in [1.165, 1.54) is 0 Å². The summed E-state index contributed by atoms with van der Waals surface area (Å²) in [5.41, 5.74) is -0.216. The van der Waals surface area contributed by atoms with Crippen molar-refractivity contribution >= 4 is 5.91 Å². The number of benzene rings is 1. The van der Waals surface area contributed by atoms with Crippen LogP contribution >= 0.6 is 0 Å². The van der Waals surface area contributed by atoms with E-state index in [4.69, 9.17) is 0 Å². The number of carbonyl (C=O) groups excluding carboxylic acids is 1. The highest BCUT2D eigenvalue weighted by atomic mass is 19.1. The molecule has 2 rings (SSSR count). The Hall–Kier alpha value is -1.49. The molecule has 116 valence electrons. The lowest BCUT2D eigenvalue weighted by Crippen LogP contribution is -2.47. The predicted octanol–water partition coefficient (Wildman–Crippen LogP) is 2.92. The molecule has 1 saturated heterocycles. The second-order valence-corrected chi connectivity index (χ2v) is 5.74. The first-order valence-electron chi connectivity index (χ1n) is 7.45. The van der Waals surface area contributed by atoms with Crippen LogP contribution in [0.4, 0.5) is 8.78 Å². The molecule has 2 N–H and O–H groups in total. The molecule has 0 bridgehead atoms. The molecule has 0 radical (unpaired) electrons. The van der Waals surface area contributed by atoms with Crippen LogP contribution in [0, 0.1) is 17.0 Å². The van der Waals surface area contributed by atoms with Crippen LogP contribution < -0.4 is 10.6 Å². The van der Waals surface area contributed by atoms with Gasteiger partial charge in [0.15, 0.2) is 0 Å². The van der Waals surface area contributed by atoms with Crippen LogP contribution in [-0.4, -0.2) is 19.0 Å². The van der Waals surface area contributed by atoms with Gasteiger partial charge < -0.3 is 10.6 Å². The van der Waals surface area contributed by atoms with E-state index in [1.807, 2.05) is 6.92 Å². The summed E-state index contributed by atoms with van der Waals surface area (Å²) in [6.07, 6.45) is 2.29. The molecular formula is C16H22F2N2O. The number of piperidine rings is 1. The number of hydrogen-bond donors (Lipinski definition) is 2. The minimum Gasteiger partial charge on any atom is -0.349 e. The fraction of sp³-hybridized carbons (Fsp3) is 0.562. The summed E-state index contributed by atoms with van der Waals surface area (Å²) in [4.78, 5) is 12.6.